The van der Waals surface area contributed by atoms with E-state index in [4.69, 9.17) is 5.73 Å². The van der Waals surface area contributed by atoms with E-state index in [-0.39, 0.29) is 11.3 Å². The molecule has 0 radical (unpaired) electrons. The van der Waals surface area contributed by atoms with E-state index in [0.717, 1.165) is 19.3 Å². The number of carbonyl (C=O) groups is 1. The smallest absolute Gasteiger partial charge is 0.224 e. The van der Waals surface area contributed by atoms with Crippen LogP contribution in [-0.2, 0) is 16.6 Å². The fourth-order valence-corrected chi connectivity index (χ4v) is 6.47. The van der Waals surface area contributed by atoms with Crippen molar-refractivity contribution >= 4 is 5.91 Å². The third-order valence-electron chi connectivity index (χ3n) is 7.70. The van der Waals surface area contributed by atoms with E-state index in [1.165, 1.54) is 49.7 Å². The van der Waals surface area contributed by atoms with Crippen LogP contribution in [0.3, 0.4) is 0 Å². The lowest BCUT2D eigenvalue weighted by molar-refractivity contribution is -0.125. The van der Waals surface area contributed by atoms with Crippen LogP contribution in [0.5, 0.6) is 0 Å². The van der Waals surface area contributed by atoms with Gasteiger partial charge in [0.25, 0.3) is 0 Å². The monoisotopic (exact) mass is 338 g/mol. The molecule has 1 aromatic carbocycles. The van der Waals surface area contributed by atoms with Crippen molar-refractivity contribution in [3.05, 3.63) is 35.4 Å². The van der Waals surface area contributed by atoms with Crippen LogP contribution in [0.4, 0.5) is 0 Å². The van der Waals surface area contributed by atoms with Gasteiger partial charge in [-0.05, 0) is 74.3 Å². The van der Waals surface area contributed by atoms with Crippen LogP contribution in [0.2, 0.25) is 0 Å². The number of nitrogens with one attached hydrogen (secondary N) is 1. The number of rotatable bonds is 2. The van der Waals surface area contributed by atoms with E-state index >= 15 is 0 Å². The summed E-state index contributed by atoms with van der Waals surface area (Å²) < 4.78 is 0. The summed E-state index contributed by atoms with van der Waals surface area (Å²) >= 11 is 0. The highest BCUT2D eigenvalue weighted by Gasteiger charge is 2.60. The number of benzene rings is 1. The molecule has 2 bridgehead atoms. The highest BCUT2D eigenvalue weighted by Crippen LogP contribution is 2.60. The maximum atomic E-state index is 13.1. The highest BCUT2D eigenvalue weighted by atomic mass is 16.2. The van der Waals surface area contributed by atoms with Crippen LogP contribution in [0.15, 0.2) is 24.3 Å². The van der Waals surface area contributed by atoms with Crippen LogP contribution in [0.1, 0.15) is 62.5 Å². The molecule has 0 aromatic heterocycles. The quantitative estimate of drug-likeness (QED) is 0.869. The Kier molecular flexibility index (Phi) is 3.70. The first-order valence-electron chi connectivity index (χ1n) is 10.3. The largest absolute Gasteiger partial charge is 0.353 e. The summed E-state index contributed by atoms with van der Waals surface area (Å²) in [5, 5.41) is 3.51. The van der Waals surface area contributed by atoms with Crippen LogP contribution < -0.4 is 11.1 Å². The van der Waals surface area contributed by atoms with Crippen molar-refractivity contribution in [1.29, 1.82) is 0 Å². The Morgan fingerprint density at radius 1 is 1.12 bits per heavy atom. The minimum absolute atomic E-state index is 0.152. The number of aryl methyl sites for hydroxylation is 1. The summed E-state index contributed by atoms with van der Waals surface area (Å²) in [5.41, 5.74) is 9.34. The minimum atomic E-state index is 0.152. The molecule has 4 unspecified atom stereocenters. The van der Waals surface area contributed by atoms with E-state index in [2.05, 4.69) is 29.6 Å². The predicted octanol–water partition coefficient (Wildman–Crippen LogP) is 3.30. The highest BCUT2D eigenvalue weighted by molar-refractivity contribution is 5.85. The molecule has 3 saturated carbocycles. The SMILES string of the molecule is NC1CC2CCCC(C1)C2NC(=O)C1CC12CCCc1ccccc12. The molecular weight excluding hydrogens is 308 g/mol. The van der Waals surface area contributed by atoms with E-state index < -0.39 is 0 Å². The number of fused-ring (bicyclic) bond motifs is 4. The van der Waals surface area contributed by atoms with Crippen LogP contribution in [0, 0.1) is 17.8 Å². The van der Waals surface area contributed by atoms with Gasteiger partial charge in [0.05, 0.1) is 0 Å². The third kappa shape index (κ3) is 2.54. The van der Waals surface area contributed by atoms with E-state index in [1.54, 1.807) is 0 Å². The van der Waals surface area contributed by atoms with Gasteiger partial charge in [-0.15, -0.1) is 0 Å². The Hall–Kier alpha value is -1.35. The van der Waals surface area contributed by atoms with Gasteiger partial charge in [0.2, 0.25) is 5.91 Å². The molecule has 0 aliphatic heterocycles. The van der Waals surface area contributed by atoms with Crippen LogP contribution >= 0.6 is 0 Å². The third-order valence-corrected chi connectivity index (χ3v) is 7.70. The first-order chi connectivity index (χ1) is 12.2. The van der Waals surface area contributed by atoms with Gasteiger partial charge >= 0.3 is 0 Å². The summed E-state index contributed by atoms with van der Waals surface area (Å²) in [6.07, 6.45) is 10.6. The molecule has 134 valence electrons. The maximum absolute atomic E-state index is 13.1. The second-order valence-corrected chi connectivity index (χ2v) is 9.14. The molecule has 3 N–H and O–H groups in total. The molecule has 3 fully saturated rings. The summed E-state index contributed by atoms with van der Waals surface area (Å²) in [6, 6.07) is 9.55. The summed E-state index contributed by atoms with van der Waals surface area (Å²) in [6.45, 7) is 0. The van der Waals surface area contributed by atoms with Gasteiger partial charge in [-0.2, -0.15) is 0 Å². The first-order valence-corrected chi connectivity index (χ1v) is 10.3. The lowest BCUT2D eigenvalue weighted by atomic mass is 9.67. The number of nitrogens with two attached hydrogens (primary N) is 1. The molecule has 0 saturated heterocycles. The number of hydrogen-bond donors (Lipinski definition) is 2. The van der Waals surface area contributed by atoms with Crippen molar-refractivity contribution in [1.82, 2.24) is 5.32 Å². The first kappa shape index (κ1) is 15.9. The van der Waals surface area contributed by atoms with Crippen molar-refractivity contribution in [2.45, 2.75) is 75.3 Å². The molecule has 4 aliphatic carbocycles. The zero-order chi connectivity index (χ0) is 17.0. The Labute approximate surface area is 150 Å². The van der Waals surface area contributed by atoms with Crippen molar-refractivity contribution in [2.75, 3.05) is 0 Å². The lowest BCUT2D eigenvalue weighted by Gasteiger charge is -2.45. The Balaban J connectivity index is 1.32. The second-order valence-electron chi connectivity index (χ2n) is 9.14. The van der Waals surface area contributed by atoms with Crippen molar-refractivity contribution in [3.63, 3.8) is 0 Å². The Morgan fingerprint density at radius 2 is 1.88 bits per heavy atom. The zero-order valence-corrected chi connectivity index (χ0v) is 15.0. The van der Waals surface area contributed by atoms with Crippen molar-refractivity contribution in [2.24, 2.45) is 23.5 Å². The average molecular weight is 338 g/mol. The van der Waals surface area contributed by atoms with Crippen LogP contribution in [0.25, 0.3) is 0 Å². The maximum Gasteiger partial charge on any atom is 0.224 e. The summed E-state index contributed by atoms with van der Waals surface area (Å²) in [7, 11) is 0. The van der Waals surface area contributed by atoms with Gasteiger partial charge in [0.1, 0.15) is 0 Å². The molecule has 3 nitrogen and oxygen atoms in total. The molecule has 4 aliphatic rings. The summed E-state index contributed by atoms with van der Waals surface area (Å²) in [5.74, 6) is 1.75. The number of amides is 1. The number of hydrogen-bond acceptors (Lipinski definition) is 2. The second kappa shape index (κ2) is 5.84. The van der Waals surface area contributed by atoms with Gasteiger partial charge in [0, 0.05) is 23.4 Å². The molecule has 25 heavy (non-hydrogen) atoms. The molecule has 1 spiro atoms. The average Bonchev–Trinajstić information content (AvgIpc) is 3.31. The van der Waals surface area contributed by atoms with Gasteiger partial charge < -0.3 is 11.1 Å². The lowest BCUT2D eigenvalue weighted by Crippen LogP contribution is -2.54. The Morgan fingerprint density at radius 3 is 2.68 bits per heavy atom. The zero-order valence-electron chi connectivity index (χ0n) is 15.0. The molecular formula is C22H30N2O. The molecule has 1 amide bonds. The fourth-order valence-electron chi connectivity index (χ4n) is 6.47. The molecule has 4 atom stereocenters. The standard InChI is InChI=1S/C22H30N2O/c23-17-11-15-6-3-7-16(12-17)20(15)24-21(25)19-13-22(19)10-4-8-14-5-1-2-9-18(14)22/h1-2,5,9,15-17,19-20H,3-4,6-8,10-13,23H2,(H,24,25). The van der Waals surface area contributed by atoms with Gasteiger partial charge in [-0.25, -0.2) is 0 Å². The van der Waals surface area contributed by atoms with Gasteiger partial charge in [-0.3, -0.25) is 4.79 Å². The van der Waals surface area contributed by atoms with Crippen molar-refractivity contribution in [3.8, 4) is 0 Å². The Bertz CT molecular complexity index is 672. The van der Waals surface area contributed by atoms with E-state index in [0.29, 0.717) is 29.8 Å². The van der Waals surface area contributed by atoms with Crippen molar-refractivity contribution < 1.29 is 4.79 Å². The summed E-state index contributed by atoms with van der Waals surface area (Å²) in [4.78, 5) is 13.1. The topological polar surface area (TPSA) is 55.1 Å². The fraction of sp³-hybridized carbons (Fsp3) is 0.682. The minimum Gasteiger partial charge on any atom is -0.353 e. The van der Waals surface area contributed by atoms with E-state index in [9.17, 15) is 4.79 Å². The van der Waals surface area contributed by atoms with Gasteiger partial charge in [-0.1, -0.05) is 30.7 Å². The van der Waals surface area contributed by atoms with Crippen LogP contribution in [-0.4, -0.2) is 18.0 Å². The van der Waals surface area contributed by atoms with Gasteiger partial charge in [0.15, 0.2) is 0 Å². The van der Waals surface area contributed by atoms with E-state index in [1.807, 2.05) is 0 Å². The molecule has 1 aromatic rings. The molecule has 5 rings (SSSR count). The normalized spacial score (nSPS) is 41.9. The number of carbonyl (C=O) groups excluding carboxylic acids is 1. The molecule has 3 heteroatoms. The molecule has 0 heterocycles. The predicted molar refractivity (Wildman–Crippen MR) is 99.1 cm³/mol.